The van der Waals surface area contributed by atoms with Gasteiger partial charge in [-0.25, -0.2) is 0 Å². The maximum Gasteiger partial charge on any atom is 0.182 e. The van der Waals surface area contributed by atoms with Gasteiger partial charge in [0.15, 0.2) is 5.78 Å². The van der Waals surface area contributed by atoms with E-state index in [1.54, 1.807) is 6.08 Å². The molecule has 2 aliphatic carbocycles. The number of carbonyl (C=O) groups excluding carboxylic acids is 1. The fraction of sp³-hybridized carbons (Fsp3) is 0.211. The number of rotatable bonds is 5. The predicted octanol–water partition coefficient (Wildman–Crippen LogP) is 4.52. The molecular formula is C19H20O2. The first-order valence-corrected chi connectivity index (χ1v) is 7.25. The third-order valence-corrected chi connectivity index (χ3v) is 3.28. The maximum atomic E-state index is 11.7. The molecule has 0 aromatic rings. The van der Waals surface area contributed by atoms with Crippen molar-refractivity contribution in [2.75, 3.05) is 0 Å². The van der Waals surface area contributed by atoms with Gasteiger partial charge in [0.25, 0.3) is 0 Å². The van der Waals surface area contributed by atoms with Crippen molar-refractivity contribution in [3.63, 3.8) is 0 Å². The fourth-order valence-corrected chi connectivity index (χ4v) is 2.14. The zero-order valence-electron chi connectivity index (χ0n) is 12.0. The highest BCUT2D eigenvalue weighted by Crippen LogP contribution is 2.13. The lowest BCUT2D eigenvalue weighted by molar-refractivity contribution is -0.110. The Morgan fingerprint density at radius 2 is 2.10 bits per heavy atom. The number of aliphatic hydroxyl groups excluding tert-OH is 1. The van der Waals surface area contributed by atoms with Crippen molar-refractivity contribution in [3.8, 4) is 0 Å². The molecule has 0 heterocycles. The monoisotopic (exact) mass is 280 g/mol. The number of hydrogen-bond donors (Lipinski definition) is 1. The lowest BCUT2D eigenvalue weighted by Gasteiger charge is -2.05. The topological polar surface area (TPSA) is 37.3 Å². The third kappa shape index (κ3) is 5.65. The van der Waals surface area contributed by atoms with E-state index in [1.807, 2.05) is 30.4 Å². The largest absolute Gasteiger partial charge is 0.508 e. The summed E-state index contributed by atoms with van der Waals surface area (Å²) in [6.07, 6.45) is 25.3. The van der Waals surface area contributed by atoms with Crippen molar-refractivity contribution >= 4 is 5.78 Å². The van der Waals surface area contributed by atoms with Gasteiger partial charge >= 0.3 is 0 Å². The molecule has 2 aliphatic rings. The van der Waals surface area contributed by atoms with Crippen LogP contribution in [0.4, 0.5) is 0 Å². The van der Waals surface area contributed by atoms with Crippen molar-refractivity contribution in [1.82, 2.24) is 0 Å². The predicted molar refractivity (Wildman–Crippen MR) is 86.8 cm³/mol. The Morgan fingerprint density at radius 3 is 2.81 bits per heavy atom. The Labute approximate surface area is 125 Å². The summed E-state index contributed by atoms with van der Waals surface area (Å²) >= 11 is 0. The van der Waals surface area contributed by atoms with Gasteiger partial charge in [0, 0.05) is 6.08 Å². The summed E-state index contributed by atoms with van der Waals surface area (Å²) in [5, 5.41) is 9.73. The summed E-state index contributed by atoms with van der Waals surface area (Å²) < 4.78 is 0. The second kappa shape index (κ2) is 8.05. The molecular weight excluding hydrogens is 260 g/mol. The number of allylic oxidation sites excluding steroid dienone is 13. The molecule has 0 amide bonds. The van der Waals surface area contributed by atoms with E-state index in [1.165, 1.54) is 12.2 Å². The van der Waals surface area contributed by atoms with Crippen molar-refractivity contribution in [1.29, 1.82) is 0 Å². The fourth-order valence-electron chi connectivity index (χ4n) is 2.14. The Morgan fingerprint density at radius 1 is 1.19 bits per heavy atom. The van der Waals surface area contributed by atoms with Crippen LogP contribution in [0.5, 0.6) is 0 Å². The quantitative estimate of drug-likeness (QED) is 0.457. The molecule has 2 rings (SSSR count). The number of ketones is 1. The average molecular weight is 280 g/mol. The van der Waals surface area contributed by atoms with Gasteiger partial charge in [-0.2, -0.15) is 0 Å². The Balaban J connectivity index is 1.87. The van der Waals surface area contributed by atoms with E-state index >= 15 is 0 Å². The van der Waals surface area contributed by atoms with Crippen molar-refractivity contribution in [2.24, 2.45) is 5.92 Å². The Bertz CT molecular complexity index is 581. The lowest BCUT2D eigenvalue weighted by Crippen LogP contribution is -1.95. The van der Waals surface area contributed by atoms with Crippen molar-refractivity contribution < 1.29 is 9.90 Å². The highest BCUT2D eigenvalue weighted by Gasteiger charge is 2.01. The zero-order valence-corrected chi connectivity index (χ0v) is 12.0. The molecule has 21 heavy (non-hydrogen) atoms. The molecule has 108 valence electrons. The van der Waals surface area contributed by atoms with E-state index in [0.717, 1.165) is 24.8 Å². The van der Waals surface area contributed by atoms with Gasteiger partial charge in [-0.1, -0.05) is 54.7 Å². The highest BCUT2D eigenvalue weighted by atomic mass is 16.3. The Hall–Kier alpha value is -2.35. The molecule has 0 spiro atoms. The summed E-state index contributed by atoms with van der Waals surface area (Å²) in [6, 6.07) is 0. The van der Waals surface area contributed by atoms with E-state index in [2.05, 4.69) is 24.3 Å². The SMILES string of the molecule is O=C(C=C(O)/C=C/C1=CCCC=C1)/C=C/C1C=CC=CC1. The van der Waals surface area contributed by atoms with Crippen molar-refractivity contribution in [2.45, 2.75) is 19.3 Å². The average Bonchev–Trinajstić information content (AvgIpc) is 2.53. The molecule has 0 fully saturated rings. The van der Waals surface area contributed by atoms with Gasteiger partial charge in [0.2, 0.25) is 0 Å². The molecule has 0 radical (unpaired) electrons. The zero-order chi connectivity index (χ0) is 14.9. The molecule has 0 bridgehead atoms. The molecule has 0 aliphatic heterocycles. The number of carbonyl (C=O) groups is 1. The van der Waals surface area contributed by atoms with Crippen LogP contribution in [0.2, 0.25) is 0 Å². The van der Waals surface area contributed by atoms with Crippen LogP contribution in [0.15, 0.2) is 84.2 Å². The molecule has 1 N–H and O–H groups in total. The minimum absolute atomic E-state index is 0.0244. The highest BCUT2D eigenvalue weighted by molar-refractivity contribution is 5.99. The van der Waals surface area contributed by atoms with Crippen LogP contribution in [0.25, 0.3) is 0 Å². The van der Waals surface area contributed by atoms with E-state index < -0.39 is 0 Å². The lowest BCUT2D eigenvalue weighted by atomic mass is 10.00. The van der Waals surface area contributed by atoms with Crippen LogP contribution in [0.1, 0.15) is 19.3 Å². The molecule has 0 saturated carbocycles. The second-order valence-corrected chi connectivity index (χ2v) is 5.06. The second-order valence-electron chi connectivity index (χ2n) is 5.06. The number of hydrogen-bond acceptors (Lipinski definition) is 2. The summed E-state index contributed by atoms with van der Waals surface area (Å²) in [4.78, 5) is 11.7. The first kappa shape index (κ1) is 15.0. The molecule has 2 heteroatoms. The van der Waals surface area contributed by atoms with Crippen LogP contribution in [-0.4, -0.2) is 10.9 Å². The van der Waals surface area contributed by atoms with Crippen LogP contribution < -0.4 is 0 Å². The summed E-state index contributed by atoms with van der Waals surface area (Å²) in [7, 11) is 0. The van der Waals surface area contributed by atoms with Gasteiger partial charge in [0.1, 0.15) is 5.76 Å². The Kier molecular flexibility index (Phi) is 5.77. The van der Waals surface area contributed by atoms with Crippen LogP contribution >= 0.6 is 0 Å². The first-order valence-electron chi connectivity index (χ1n) is 7.25. The standard InChI is InChI=1S/C19H20O2/c20-18(13-11-16-7-3-1-4-8-16)15-19(21)14-12-17-9-5-2-6-10-17/h1,3-5,7,9-16,21H,2,6,8H2/b13-11+,14-12+,19-15?. The first-order chi connectivity index (χ1) is 10.2. The molecule has 1 unspecified atom stereocenters. The minimum atomic E-state index is -0.201. The molecule has 0 aromatic carbocycles. The number of aliphatic hydroxyl groups is 1. The van der Waals surface area contributed by atoms with E-state index in [9.17, 15) is 9.90 Å². The molecule has 0 saturated heterocycles. The van der Waals surface area contributed by atoms with Gasteiger partial charge < -0.3 is 5.11 Å². The normalized spacial score (nSPS) is 22.2. The van der Waals surface area contributed by atoms with Crippen LogP contribution in [-0.2, 0) is 4.79 Å². The molecule has 1 atom stereocenters. The minimum Gasteiger partial charge on any atom is -0.508 e. The molecule has 0 aromatic heterocycles. The molecule has 2 nitrogen and oxygen atoms in total. The third-order valence-electron chi connectivity index (χ3n) is 3.28. The van der Waals surface area contributed by atoms with Gasteiger partial charge in [-0.05, 0) is 42.9 Å². The summed E-state index contributed by atoms with van der Waals surface area (Å²) in [5.41, 5.74) is 1.06. The van der Waals surface area contributed by atoms with Crippen LogP contribution in [0, 0.1) is 5.92 Å². The summed E-state index contributed by atoms with van der Waals surface area (Å²) in [5.74, 6) is 0.0411. The smallest absolute Gasteiger partial charge is 0.182 e. The van der Waals surface area contributed by atoms with Gasteiger partial charge in [-0.3, -0.25) is 4.79 Å². The summed E-state index contributed by atoms with van der Waals surface area (Å²) in [6.45, 7) is 0. The van der Waals surface area contributed by atoms with Crippen LogP contribution in [0.3, 0.4) is 0 Å². The van der Waals surface area contributed by atoms with Gasteiger partial charge in [0.05, 0.1) is 0 Å². The van der Waals surface area contributed by atoms with Crippen molar-refractivity contribution in [3.05, 3.63) is 84.2 Å². The maximum absolute atomic E-state index is 11.7. The van der Waals surface area contributed by atoms with E-state index in [0.29, 0.717) is 0 Å². The van der Waals surface area contributed by atoms with E-state index in [4.69, 9.17) is 0 Å². The van der Waals surface area contributed by atoms with Gasteiger partial charge in [-0.15, -0.1) is 0 Å². The van der Waals surface area contributed by atoms with E-state index in [-0.39, 0.29) is 17.5 Å².